The number of nitrogens with one attached hydrogen (secondary N) is 1. The van der Waals surface area contributed by atoms with Crippen LogP contribution in [0, 0.1) is 13.8 Å². The first-order valence-corrected chi connectivity index (χ1v) is 7.01. The molecular weight excluding hydrogens is 274 g/mol. The van der Waals surface area contributed by atoms with Crippen LogP contribution in [0.5, 0.6) is 0 Å². The van der Waals surface area contributed by atoms with E-state index in [1.165, 1.54) is 11.1 Å². The molecule has 108 valence electrons. The van der Waals surface area contributed by atoms with E-state index in [1.54, 1.807) is 7.11 Å². The Morgan fingerprint density at radius 2 is 2.15 bits per heavy atom. The van der Waals surface area contributed by atoms with Crippen molar-refractivity contribution in [2.75, 3.05) is 20.3 Å². The van der Waals surface area contributed by atoms with Crippen molar-refractivity contribution >= 4 is 11.6 Å². The quantitative estimate of drug-likeness (QED) is 0.833. The van der Waals surface area contributed by atoms with Crippen molar-refractivity contribution in [3.63, 3.8) is 0 Å². The highest BCUT2D eigenvalue weighted by atomic mass is 35.5. The molecule has 0 amide bonds. The van der Waals surface area contributed by atoms with Crippen molar-refractivity contribution in [1.82, 2.24) is 15.1 Å². The van der Waals surface area contributed by atoms with Gasteiger partial charge in [-0.05, 0) is 25.5 Å². The third-order valence-corrected chi connectivity index (χ3v) is 3.49. The predicted octanol–water partition coefficient (Wildman–Crippen LogP) is 2.88. The van der Waals surface area contributed by atoms with Gasteiger partial charge in [-0.3, -0.25) is 0 Å². The number of halogens is 1. The molecule has 0 fully saturated rings. The van der Waals surface area contributed by atoms with Gasteiger partial charge in [0.2, 0.25) is 0 Å². The molecule has 4 nitrogen and oxygen atoms in total. The zero-order chi connectivity index (χ0) is 14.5. The van der Waals surface area contributed by atoms with Crippen molar-refractivity contribution in [2.24, 2.45) is 0 Å². The second-order valence-corrected chi connectivity index (χ2v) is 5.22. The standard InChI is InChI=1S/C15H20ClN3O/c1-11-4-5-15(19-10-14(16)12(2)18-19)13(8-11)9-17-6-7-20-3/h4-5,8,10,17H,6-7,9H2,1-3H3. The Bertz CT molecular complexity index is 561. The number of methoxy groups -OCH3 is 1. The van der Waals surface area contributed by atoms with Crippen molar-refractivity contribution in [3.8, 4) is 5.69 Å². The Balaban J connectivity index is 2.23. The molecule has 0 saturated heterocycles. The Hall–Kier alpha value is -1.36. The van der Waals surface area contributed by atoms with Crippen molar-refractivity contribution in [1.29, 1.82) is 0 Å². The van der Waals surface area contributed by atoms with E-state index in [0.29, 0.717) is 11.6 Å². The van der Waals surface area contributed by atoms with Crippen LogP contribution in [0.4, 0.5) is 0 Å². The van der Waals surface area contributed by atoms with E-state index in [0.717, 1.165) is 24.5 Å². The molecule has 0 aliphatic rings. The zero-order valence-corrected chi connectivity index (χ0v) is 12.9. The van der Waals surface area contributed by atoms with Crippen LogP contribution in [-0.4, -0.2) is 30.0 Å². The van der Waals surface area contributed by atoms with Crippen molar-refractivity contribution < 1.29 is 4.74 Å². The Kier molecular flexibility index (Phi) is 5.17. The summed E-state index contributed by atoms with van der Waals surface area (Å²) in [5.74, 6) is 0. The lowest BCUT2D eigenvalue weighted by molar-refractivity contribution is 0.199. The van der Waals surface area contributed by atoms with Gasteiger partial charge in [0.25, 0.3) is 0 Å². The maximum absolute atomic E-state index is 6.09. The summed E-state index contributed by atoms with van der Waals surface area (Å²) < 4.78 is 6.88. The molecule has 1 aromatic heterocycles. The van der Waals surface area contributed by atoms with Crippen molar-refractivity contribution in [2.45, 2.75) is 20.4 Å². The molecule has 1 heterocycles. The summed E-state index contributed by atoms with van der Waals surface area (Å²) in [7, 11) is 1.70. The number of ether oxygens (including phenoxy) is 1. The van der Waals surface area contributed by atoms with Gasteiger partial charge in [-0.15, -0.1) is 0 Å². The van der Waals surface area contributed by atoms with Crippen LogP contribution in [0.15, 0.2) is 24.4 Å². The summed E-state index contributed by atoms with van der Waals surface area (Å²) >= 11 is 6.09. The van der Waals surface area contributed by atoms with Gasteiger partial charge < -0.3 is 10.1 Å². The van der Waals surface area contributed by atoms with E-state index in [2.05, 4.69) is 35.5 Å². The second-order valence-electron chi connectivity index (χ2n) is 4.81. The SMILES string of the molecule is COCCNCc1cc(C)ccc1-n1cc(Cl)c(C)n1. The first-order chi connectivity index (χ1) is 9.61. The van der Waals surface area contributed by atoms with Crippen LogP contribution in [0.2, 0.25) is 5.02 Å². The smallest absolute Gasteiger partial charge is 0.0819 e. The van der Waals surface area contributed by atoms with Gasteiger partial charge in [-0.1, -0.05) is 29.3 Å². The number of rotatable bonds is 6. The molecular formula is C15H20ClN3O. The number of benzene rings is 1. The highest BCUT2D eigenvalue weighted by Gasteiger charge is 2.08. The summed E-state index contributed by atoms with van der Waals surface area (Å²) in [6.07, 6.45) is 1.85. The Morgan fingerprint density at radius 1 is 1.35 bits per heavy atom. The number of hydrogen-bond acceptors (Lipinski definition) is 3. The van der Waals surface area contributed by atoms with E-state index in [-0.39, 0.29) is 0 Å². The van der Waals surface area contributed by atoms with E-state index in [1.807, 2.05) is 17.8 Å². The highest BCUT2D eigenvalue weighted by Crippen LogP contribution is 2.20. The maximum Gasteiger partial charge on any atom is 0.0819 e. The summed E-state index contributed by atoms with van der Waals surface area (Å²) in [6, 6.07) is 6.32. The molecule has 0 aliphatic carbocycles. The van der Waals surface area contributed by atoms with Crippen LogP contribution >= 0.6 is 11.6 Å². The molecule has 0 bridgehead atoms. The minimum absolute atomic E-state index is 0.684. The first kappa shape index (κ1) is 15.0. The summed E-state index contributed by atoms with van der Waals surface area (Å²) in [5, 5.41) is 8.49. The van der Waals surface area contributed by atoms with E-state index < -0.39 is 0 Å². The van der Waals surface area contributed by atoms with Crippen LogP contribution in [0.25, 0.3) is 5.69 Å². The van der Waals surface area contributed by atoms with Gasteiger partial charge in [0.05, 0.1) is 23.0 Å². The average Bonchev–Trinajstić information content (AvgIpc) is 2.75. The third kappa shape index (κ3) is 3.60. The van der Waals surface area contributed by atoms with E-state index in [4.69, 9.17) is 16.3 Å². The van der Waals surface area contributed by atoms with Crippen LogP contribution in [0.3, 0.4) is 0 Å². The third-order valence-electron chi connectivity index (χ3n) is 3.12. The number of aromatic nitrogens is 2. The highest BCUT2D eigenvalue weighted by molar-refractivity contribution is 6.31. The minimum atomic E-state index is 0.684. The molecule has 0 aliphatic heterocycles. The van der Waals surface area contributed by atoms with Gasteiger partial charge in [-0.25, -0.2) is 4.68 Å². The number of hydrogen-bond donors (Lipinski definition) is 1. The first-order valence-electron chi connectivity index (χ1n) is 6.63. The topological polar surface area (TPSA) is 39.1 Å². The zero-order valence-electron chi connectivity index (χ0n) is 12.1. The fourth-order valence-electron chi connectivity index (χ4n) is 2.04. The fourth-order valence-corrected chi connectivity index (χ4v) is 2.17. The van der Waals surface area contributed by atoms with Gasteiger partial charge in [0.15, 0.2) is 0 Å². The molecule has 2 aromatic rings. The largest absolute Gasteiger partial charge is 0.383 e. The lowest BCUT2D eigenvalue weighted by Gasteiger charge is -2.11. The number of nitrogens with zero attached hydrogens (tertiary/aromatic N) is 2. The lowest BCUT2D eigenvalue weighted by atomic mass is 10.1. The molecule has 0 atom stereocenters. The molecule has 0 spiro atoms. The molecule has 20 heavy (non-hydrogen) atoms. The molecule has 2 rings (SSSR count). The Morgan fingerprint density at radius 3 is 2.80 bits per heavy atom. The molecule has 0 radical (unpaired) electrons. The lowest BCUT2D eigenvalue weighted by Crippen LogP contribution is -2.19. The Labute approximate surface area is 124 Å². The number of aryl methyl sites for hydroxylation is 2. The van der Waals surface area contributed by atoms with Crippen molar-refractivity contribution in [3.05, 3.63) is 46.2 Å². The molecule has 1 aromatic carbocycles. The van der Waals surface area contributed by atoms with Crippen LogP contribution in [0.1, 0.15) is 16.8 Å². The summed E-state index contributed by atoms with van der Waals surface area (Å²) in [6.45, 7) is 6.29. The summed E-state index contributed by atoms with van der Waals surface area (Å²) in [4.78, 5) is 0. The van der Waals surface area contributed by atoms with Gasteiger partial charge in [0, 0.05) is 26.4 Å². The van der Waals surface area contributed by atoms with Gasteiger partial charge >= 0.3 is 0 Å². The molecule has 0 saturated carbocycles. The van der Waals surface area contributed by atoms with Crippen LogP contribution in [-0.2, 0) is 11.3 Å². The summed E-state index contributed by atoms with van der Waals surface area (Å²) in [5.41, 5.74) is 4.31. The predicted molar refractivity (Wildman–Crippen MR) is 81.6 cm³/mol. The van der Waals surface area contributed by atoms with Gasteiger partial charge in [0.1, 0.15) is 0 Å². The molecule has 0 unspecified atom stereocenters. The normalized spacial score (nSPS) is 11.0. The second kappa shape index (κ2) is 6.88. The fraction of sp³-hybridized carbons (Fsp3) is 0.400. The molecule has 5 heteroatoms. The van der Waals surface area contributed by atoms with Crippen LogP contribution < -0.4 is 5.32 Å². The minimum Gasteiger partial charge on any atom is -0.383 e. The van der Waals surface area contributed by atoms with Gasteiger partial charge in [-0.2, -0.15) is 5.10 Å². The molecule has 1 N–H and O–H groups in total. The average molecular weight is 294 g/mol. The maximum atomic E-state index is 6.09. The van der Waals surface area contributed by atoms with E-state index >= 15 is 0 Å². The van der Waals surface area contributed by atoms with E-state index in [9.17, 15) is 0 Å². The monoisotopic (exact) mass is 293 g/mol.